The second kappa shape index (κ2) is 12.0. The van der Waals surface area contributed by atoms with Crippen molar-refractivity contribution in [3.63, 3.8) is 0 Å². The molecule has 0 spiro atoms. The smallest absolute Gasteiger partial charge is 0.253 e. The number of rotatable bonds is 9. The number of benzene rings is 2. The highest BCUT2D eigenvalue weighted by Crippen LogP contribution is 2.30. The maximum Gasteiger partial charge on any atom is 0.253 e. The number of hydrogen-bond donors (Lipinski definition) is 2. The number of nitrogens with zero attached hydrogens (tertiary/aromatic N) is 1. The normalized spacial score (nSPS) is 17.0. The molecule has 1 saturated heterocycles. The molecule has 1 saturated carbocycles. The van der Waals surface area contributed by atoms with Gasteiger partial charge in [-0.15, -0.1) is 0 Å². The van der Waals surface area contributed by atoms with Gasteiger partial charge in [0.25, 0.3) is 5.91 Å². The SMILES string of the molecule is CC1CCN(c2ccc(NC(=O)CCC3CCCC3)cc2C(=O)NCCc2ccccc2)CC1. The van der Waals surface area contributed by atoms with E-state index in [1.807, 2.05) is 36.4 Å². The van der Waals surface area contributed by atoms with Gasteiger partial charge in [-0.2, -0.15) is 0 Å². The summed E-state index contributed by atoms with van der Waals surface area (Å²) in [6.45, 7) is 4.78. The maximum atomic E-state index is 13.2. The molecule has 0 atom stereocenters. The van der Waals surface area contributed by atoms with Crippen molar-refractivity contribution in [3.05, 3.63) is 59.7 Å². The van der Waals surface area contributed by atoms with E-state index in [9.17, 15) is 9.59 Å². The Labute approximate surface area is 204 Å². The third-order valence-corrected chi connectivity index (χ3v) is 7.45. The van der Waals surface area contributed by atoms with Crippen LogP contribution in [0.3, 0.4) is 0 Å². The maximum absolute atomic E-state index is 13.2. The molecule has 2 aliphatic rings. The predicted octanol–water partition coefficient (Wildman–Crippen LogP) is 5.80. The van der Waals surface area contributed by atoms with Crippen LogP contribution in [0.25, 0.3) is 0 Å². The molecule has 1 aliphatic heterocycles. The fourth-order valence-corrected chi connectivity index (χ4v) is 5.24. The van der Waals surface area contributed by atoms with Crippen molar-refractivity contribution < 1.29 is 9.59 Å². The lowest BCUT2D eigenvalue weighted by Gasteiger charge is -2.33. The lowest BCUT2D eigenvalue weighted by molar-refractivity contribution is -0.116. The van der Waals surface area contributed by atoms with E-state index in [1.54, 1.807) is 0 Å². The fourth-order valence-electron chi connectivity index (χ4n) is 5.24. The Bertz CT molecular complexity index is 945. The van der Waals surface area contributed by atoms with Crippen molar-refractivity contribution in [2.45, 2.75) is 64.7 Å². The van der Waals surface area contributed by atoms with Crippen molar-refractivity contribution in [2.24, 2.45) is 11.8 Å². The second-order valence-electron chi connectivity index (χ2n) is 10.1. The fraction of sp³-hybridized carbons (Fsp3) is 0.517. The molecule has 2 aromatic carbocycles. The Balaban J connectivity index is 1.42. The van der Waals surface area contributed by atoms with Crippen molar-refractivity contribution in [1.82, 2.24) is 5.32 Å². The van der Waals surface area contributed by atoms with Crippen LogP contribution in [0.5, 0.6) is 0 Å². The van der Waals surface area contributed by atoms with Crippen LogP contribution in [0.15, 0.2) is 48.5 Å². The molecule has 0 aromatic heterocycles. The van der Waals surface area contributed by atoms with Crippen molar-refractivity contribution in [2.75, 3.05) is 29.9 Å². The third-order valence-electron chi connectivity index (χ3n) is 7.45. The average molecular weight is 462 g/mol. The van der Waals surface area contributed by atoms with Crippen LogP contribution < -0.4 is 15.5 Å². The largest absolute Gasteiger partial charge is 0.371 e. The van der Waals surface area contributed by atoms with E-state index in [4.69, 9.17) is 0 Å². The second-order valence-corrected chi connectivity index (χ2v) is 10.1. The van der Waals surface area contributed by atoms with E-state index < -0.39 is 0 Å². The van der Waals surface area contributed by atoms with E-state index in [2.05, 4.69) is 34.6 Å². The van der Waals surface area contributed by atoms with Gasteiger partial charge in [-0.3, -0.25) is 9.59 Å². The summed E-state index contributed by atoms with van der Waals surface area (Å²) >= 11 is 0. The van der Waals surface area contributed by atoms with Crippen molar-refractivity contribution in [1.29, 1.82) is 0 Å². The number of amides is 2. The first-order valence-corrected chi connectivity index (χ1v) is 13.1. The molecule has 1 heterocycles. The van der Waals surface area contributed by atoms with E-state index in [0.29, 0.717) is 30.1 Å². The van der Waals surface area contributed by atoms with E-state index in [0.717, 1.165) is 50.4 Å². The summed E-state index contributed by atoms with van der Waals surface area (Å²) in [5.74, 6) is 1.38. The lowest BCUT2D eigenvalue weighted by atomic mass is 9.97. The highest BCUT2D eigenvalue weighted by Gasteiger charge is 2.22. The van der Waals surface area contributed by atoms with Gasteiger partial charge >= 0.3 is 0 Å². The first-order chi connectivity index (χ1) is 16.6. The minimum atomic E-state index is -0.0772. The van der Waals surface area contributed by atoms with Crippen molar-refractivity contribution in [3.8, 4) is 0 Å². The molecule has 2 fully saturated rings. The molecule has 34 heavy (non-hydrogen) atoms. The minimum Gasteiger partial charge on any atom is -0.371 e. The molecule has 4 rings (SSSR count). The predicted molar refractivity (Wildman–Crippen MR) is 139 cm³/mol. The summed E-state index contributed by atoms with van der Waals surface area (Å²) in [5, 5.41) is 6.14. The van der Waals surface area contributed by atoms with Crippen LogP contribution in [0.4, 0.5) is 11.4 Å². The zero-order valence-electron chi connectivity index (χ0n) is 20.5. The number of hydrogen-bond acceptors (Lipinski definition) is 3. The molecule has 1 aliphatic carbocycles. The van der Waals surface area contributed by atoms with E-state index in [1.165, 1.54) is 31.2 Å². The Hall–Kier alpha value is -2.82. The first-order valence-electron chi connectivity index (χ1n) is 13.1. The van der Waals surface area contributed by atoms with Gasteiger partial charge < -0.3 is 15.5 Å². The standard InChI is InChI=1S/C29H39N3O2/c1-22-16-19-32(20-17-22)27-13-12-25(31-28(33)14-11-23-9-5-6-10-23)21-26(27)29(34)30-18-15-24-7-3-2-4-8-24/h2-4,7-8,12-13,21-23H,5-6,9-11,14-20H2,1H3,(H,30,34)(H,31,33). The molecule has 5 heteroatoms. The summed E-state index contributed by atoms with van der Waals surface area (Å²) in [5.41, 5.74) is 3.53. The average Bonchev–Trinajstić information content (AvgIpc) is 3.38. The van der Waals surface area contributed by atoms with Gasteiger partial charge in [0.05, 0.1) is 5.56 Å². The van der Waals surface area contributed by atoms with Crippen LogP contribution in [0.1, 0.15) is 74.2 Å². The van der Waals surface area contributed by atoms with Gasteiger partial charge in [0.2, 0.25) is 5.91 Å². The van der Waals surface area contributed by atoms with Gasteiger partial charge in [-0.25, -0.2) is 0 Å². The molecule has 2 N–H and O–H groups in total. The first kappa shape index (κ1) is 24.3. The molecular formula is C29H39N3O2. The quantitative estimate of drug-likeness (QED) is 0.496. The number of nitrogens with one attached hydrogen (secondary N) is 2. The zero-order valence-corrected chi connectivity index (χ0v) is 20.5. The number of anilines is 2. The topological polar surface area (TPSA) is 61.4 Å². The molecule has 182 valence electrons. The third kappa shape index (κ3) is 6.85. The monoisotopic (exact) mass is 461 g/mol. The van der Waals surface area contributed by atoms with Crippen molar-refractivity contribution >= 4 is 23.2 Å². The van der Waals surface area contributed by atoms with Gasteiger partial charge in [0.15, 0.2) is 0 Å². The Morgan fingerprint density at radius 2 is 1.71 bits per heavy atom. The zero-order chi connectivity index (χ0) is 23.8. The summed E-state index contributed by atoms with van der Waals surface area (Å²) in [4.78, 5) is 28.1. The number of carbonyl (C=O) groups excluding carboxylic acids is 2. The molecule has 0 bridgehead atoms. The van der Waals surface area contributed by atoms with Crippen LogP contribution in [-0.2, 0) is 11.2 Å². The van der Waals surface area contributed by atoms with Crippen LogP contribution in [0.2, 0.25) is 0 Å². The Morgan fingerprint density at radius 1 is 0.971 bits per heavy atom. The molecule has 2 amide bonds. The van der Waals surface area contributed by atoms with Gasteiger partial charge in [-0.05, 0) is 61.3 Å². The molecule has 0 radical (unpaired) electrons. The summed E-state index contributed by atoms with van der Waals surface area (Å²) in [6.07, 6.45) is 9.67. The highest BCUT2D eigenvalue weighted by molar-refractivity contribution is 6.02. The molecular weight excluding hydrogens is 422 g/mol. The summed E-state index contributed by atoms with van der Waals surface area (Å²) in [7, 11) is 0. The van der Waals surface area contributed by atoms with Gasteiger partial charge in [0.1, 0.15) is 0 Å². The molecule has 0 unspecified atom stereocenters. The van der Waals surface area contributed by atoms with Gasteiger partial charge in [-0.1, -0.05) is 62.9 Å². The highest BCUT2D eigenvalue weighted by atomic mass is 16.2. The van der Waals surface area contributed by atoms with Crippen LogP contribution in [0, 0.1) is 11.8 Å². The van der Waals surface area contributed by atoms with Crippen LogP contribution >= 0.6 is 0 Å². The minimum absolute atomic E-state index is 0.0434. The molecule has 2 aromatic rings. The number of piperidine rings is 1. The lowest BCUT2D eigenvalue weighted by Crippen LogP contribution is -2.35. The summed E-state index contributed by atoms with van der Waals surface area (Å²) in [6, 6.07) is 16.0. The van der Waals surface area contributed by atoms with Gasteiger partial charge in [0, 0.05) is 37.4 Å². The number of carbonyl (C=O) groups is 2. The van der Waals surface area contributed by atoms with Crippen LogP contribution in [-0.4, -0.2) is 31.4 Å². The van der Waals surface area contributed by atoms with E-state index in [-0.39, 0.29) is 11.8 Å². The Morgan fingerprint density at radius 3 is 2.44 bits per heavy atom. The summed E-state index contributed by atoms with van der Waals surface area (Å²) < 4.78 is 0. The Kier molecular flexibility index (Phi) is 8.62. The molecule has 5 nitrogen and oxygen atoms in total. The van der Waals surface area contributed by atoms with E-state index >= 15 is 0 Å².